The van der Waals surface area contributed by atoms with Gasteiger partial charge < -0.3 is 19.8 Å². The number of phosphoric ester groups is 1. The van der Waals surface area contributed by atoms with Crippen molar-refractivity contribution in [3.8, 4) is 0 Å². The molecule has 0 radical (unpaired) electrons. The van der Waals surface area contributed by atoms with Gasteiger partial charge in [-0.2, -0.15) is 0 Å². The lowest BCUT2D eigenvalue weighted by atomic mass is 10.0. The van der Waals surface area contributed by atoms with Gasteiger partial charge in [-0.05, 0) is 32.1 Å². The summed E-state index contributed by atoms with van der Waals surface area (Å²) in [7, 11) is 1.56. The van der Waals surface area contributed by atoms with E-state index in [2.05, 4.69) is 31.3 Å². The van der Waals surface area contributed by atoms with E-state index in [1.54, 1.807) is 6.08 Å². The van der Waals surface area contributed by atoms with Gasteiger partial charge in [0.15, 0.2) is 0 Å². The predicted octanol–water partition coefficient (Wildman–Crippen LogP) is 10.2. The fraction of sp³-hybridized carbons (Fsp3) is 0.872. The van der Waals surface area contributed by atoms with E-state index in [0.29, 0.717) is 17.4 Å². The van der Waals surface area contributed by atoms with Crippen molar-refractivity contribution < 1.29 is 32.9 Å². The standard InChI is InChI=1S/C39H77N2O6P/c1-6-8-10-12-14-16-18-19-20-21-23-24-26-28-30-32-38(42)37(36-47-48(44,45)46-35-34-41(3,4)5)40-39(43)33-31-29-27-25-22-17-15-13-11-9-7-2/h23-24,30,32,37-38,42H,6-22,25-29,31,33-36H2,1-5H3,(H-,40,43,44,45)/p+1/b24-23+,32-30+/t37-,38+/m0/s1. The number of nitrogens with one attached hydrogen (secondary N) is 1. The van der Waals surface area contributed by atoms with Crippen molar-refractivity contribution >= 4 is 13.7 Å². The third kappa shape index (κ3) is 33.5. The van der Waals surface area contributed by atoms with Crippen LogP contribution in [0.25, 0.3) is 0 Å². The number of aliphatic hydroxyl groups is 1. The molecule has 0 fully saturated rings. The lowest BCUT2D eigenvalue weighted by Gasteiger charge is -2.25. The first-order valence-corrected chi connectivity index (χ1v) is 21.2. The van der Waals surface area contributed by atoms with Gasteiger partial charge in [-0.15, -0.1) is 0 Å². The molecule has 0 aliphatic heterocycles. The van der Waals surface area contributed by atoms with Crippen LogP contribution in [0.1, 0.15) is 168 Å². The number of carbonyl (C=O) groups excluding carboxylic acids is 1. The minimum Gasteiger partial charge on any atom is -0.387 e. The maximum absolute atomic E-state index is 12.8. The van der Waals surface area contributed by atoms with Gasteiger partial charge in [0.05, 0.1) is 39.9 Å². The fourth-order valence-corrected chi connectivity index (χ4v) is 6.20. The van der Waals surface area contributed by atoms with Crippen molar-refractivity contribution in [3.63, 3.8) is 0 Å². The Balaban J connectivity index is 4.57. The normalized spacial score (nSPS) is 14.9. The van der Waals surface area contributed by atoms with Crippen LogP contribution < -0.4 is 5.32 Å². The lowest BCUT2D eigenvalue weighted by molar-refractivity contribution is -0.870. The maximum Gasteiger partial charge on any atom is 0.472 e. The van der Waals surface area contributed by atoms with Crippen molar-refractivity contribution in [1.82, 2.24) is 5.32 Å². The summed E-state index contributed by atoms with van der Waals surface area (Å²) < 4.78 is 23.4. The molecule has 8 nitrogen and oxygen atoms in total. The second kappa shape index (κ2) is 31.9. The van der Waals surface area contributed by atoms with Gasteiger partial charge in [-0.3, -0.25) is 13.8 Å². The average Bonchev–Trinajstić information content (AvgIpc) is 3.02. The van der Waals surface area contributed by atoms with Crippen LogP contribution >= 0.6 is 7.82 Å². The van der Waals surface area contributed by atoms with E-state index in [-0.39, 0.29) is 19.1 Å². The van der Waals surface area contributed by atoms with Crippen molar-refractivity contribution in [3.05, 3.63) is 24.3 Å². The molecule has 0 saturated carbocycles. The minimum absolute atomic E-state index is 0.0578. The second-order valence-corrected chi connectivity index (χ2v) is 16.1. The smallest absolute Gasteiger partial charge is 0.387 e. The van der Waals surface area contributed by atoms with Gasteiger partial charge in [0.2, 0.25) is 5.91 Å². The van der Waals surface area contributed by atoms with Gasteiger partial charge in [-0.1, -0.05) is 154 Å². The zero-order valence-corrected chi connectivity index (χ0v) is 32.9. The number of carbonyl (C=O) groups is 1. The van der Waals surface area contributed by atoms with Crippen molar-refractivity contribution in [1.29, 1.82) is 0 Å². The Bertz CT molecular complexity index is 845. The Labute approximate surface area is 296 Å². The number of rotatable bonds is 35. The van der Waals surface area contributed by atoms with E-state index in [0.717, 1.165) is 38.5 Å². The molecule has 0 aliphatic carbocycles. The van der Waals surface area contributed by atoms with E-state index in [4.69, 9.17) is 9.05 Å². The molecule has 9 heteroatoms. The van der Waals surface area contributed by atoms with Crippen molar-refractivity contribution in [2.45, 2.75) is 180 Å². The highest BCUT2D eigenvalue weighted by Gasteiger charge is 2.27. The lowest BCUT2D eigenvalue weighted by Crippen LogP contribution is -2.45. The van der Waals surface area contributed by atoms with E-state index in [1.807, 2.05) is 27.2 Å². The number of nitrogens with zero attached hydrogens (tertiary/aromatic N) is 1. The van der Waals surface area contributed by atoms with Crippen LogP contribution in [0.2, 0.25) is 0 Å². The number of hydrogen-bond donors (Lipinski definition) is 3. The molecule has 284 valence electrons. The predicted molar refractivity (Wildman–Crippen MR) is 203 cm³/mol. The van der Waals surface area contributed by atoms with Crippen LogP contribution in [0.3, 0.4) is 0 Å². The van der Waals surface area contributed by atoms with E-state index >= 15 is 0 Å². The molecule has 0 bridgehead atoms. The van der Waals surface area contributed by atoms with E-state index < -0.39 is 20.0 Å². The summed E-state index contributed by atoms with van der Waals surface area (Å²) in [5, 5.41) is 13.7. The molecule has 48 heavy (non-hydrogen) atoms. The van der Waals surface area contributed by atoms with Gasteiger partial charge in [0, 0.05) is 6.42 Å². The first-order chi connectivity index (χ1) is 23.0. The quantitative estimate of drug-likeness (QED) is 0.0263. The van der Waals surface area contributed by atoms with E-state index in [9.17, 15) is 19.4 Å². The first kappa shape index (κ1) is 47.0. The van der Waals surface area contributed by atoms with Gasteiger partial charge in [0.25, 0.3) is 0 Å². The van der Waals surface area contributed by atoms with Crippen LogP contribution in [-0.4, -0.2) is 73.4 Å². The molecule has 0 heterocycles. The maximum atomic E-state index is 12.8. The summed E-state index contributed by atoms with van der Waals surface area (Å²) in [5.41, 5.74) is 0. The Hall–Kier alpha value is -1.02. The summed E-state index contributed by atoms with van der Waals surface area (Å²) in [6.45, 7) is 4.76. The van der Waals surface area contributed by atoms with Crippen LogP contribution in [0, 0.1) is 0 Å². The largest absolute Gasteiger partial charge is 0.472 e. The molecule has 3 N–H and O–H groups in total. The summed E-state index contributed by atoms with van der Waals surface area (Å²) in [6.07, 6.45) is 35.3. The zero-order valence-electron chi connectivity index (χ0n) is 32.0. The molecule has 0 aliphatic rings. The zero-order chi connectivity index (χ0) is 35.8. The SMILES string of the molecule is CCCCCCCCCCC/C=C/CC/C=C/[C@@H](O)[C@H](COP(=O)(O)OCC[N+](C)(C)C)NC(=O)CCCCCCCCCCCCC. The number of likely N-dealkylation sites (N-methyl/N-ethyl adjacent to an activating group) is 1. The van der Waals surface area contributed by atoms with Gasteiger partial charge >= 0.3 is 7.82 Å². The third-order valence-corrected chi connectivity index (χ3v) is 9.66. The molecule has 0 spiro atoms. The Kier molecular flexibility index (Phi) is 31.2. The highest BCUT2D eigenvalue weighted by atomic mass is 31.2. The van der Waals surface area contributed by atoms with Crippen molar-refractivity contribution in [2.75, 3.05) is 40.9 Å². The Morgan fingerprint density at radius 1 is 0.688 bits per heavy atom. The number of unbranched alkanes of at least 4 members (excludes halogenated alkanes) is 20. The molecular weight excluding hydrogens is 623 g/mol. The fourth-order valence-electron chi connectivity index (χ4n) is 5.47. The van der Waals surface area contributed by atoms with Crippen LogP contribution in [0.15, 0.2) is 24.3 Å². The summed E-state index contributed by atoms with van der Waals surface area (Å²) in [4.78, 5) is 23.0. The molecule has 0 aromatic carbocycles. The van der Waals surface area contributed by atoms with E-state index in [1.165, 1.54) is 109 Å². The number of allylic oxidation sites excluding steroid dienone is 3. The Morgan fingerprint density at radius 2 is 1.15 bits per heavy atom. The molecule has 0 rings (SSSR count). The monoisotopic (exact) mass is 702 g/mol. The minimum atomic E-state index is -4.33. The average molecular weight is 702 g/mol. The highest BCUT2D eigenvalue weighted by Crippen LogP contribution is 2.43. The Morgan fingerprint density at radius 3 is 1.67 bits per heavy atom. The second-order valence-electron chi connectivity index (χ2n) is 14.7. The third-order valence-electron chi connectivity index (χ3n) is 8.67. The molecule has 3 atom stereocenters. The number of aliphatic hydroxyl groups excluding tert-OH is 1. The highest BCUT2D eigenvalue weighted by molar-refractivity contribution is 7.47. The van der Waals surface area contributed by atoms with Gasteiger partial charge in [-0.25, -0.2) is 4.57 Å². The van der Waals surface area contributed by atoms with Crippen LogP contribution in [0.4, 0.5) is 0 Å². The molecule has 1 unspecified atom stereocenters. The molecular formula is C39H78N2O6P+. The molecule has 1 amide bonds. The summed E-state index contributed by atoms with van der Waals surface area (Å²) >= 11 is 0. The molecule has 0 aromatic rings. The van der Waals surface area contributed by atoms with Crippen LogP contribution in [0.5, 0.6) is 0 Å². The molecule has 0 aromatic heterocycles. The number of quaternary nitrogens is 1. The number of amides is 1. The summed E-state index contributed by atoms with van der Waals surface area (Å²) in [5.74, 6) is -0.190. The molecule has 0 saturated heterocycles. The number of hydrogen-bond acceptors (Lipinski definition) is 5. The summed E-state index contributed by atoms with van der Waals surface area (Å²) in [6, 6.07) is -0.855. The number of phosphoric acid groups is 1. The van der Waals surface area contributed by atoms with Crippen molar-refractivity contribution in [2.24, 2.45) is 0 Å². The topological polar surface area (TPSA) is 105 Å². The first-order valence-electron chi connectivity index (χ1n) is 19.7. The van der Waals surface area contributed by atoms with Gasteiger partial charge in [0.1, 0.15) is 13.2 Å². The van der Waals surface area contributed by atoms with Crippen LogP contribution in [-0.2, 0) is 18.4 Å².